The van der Waals surface area contributed by atoms with Gasteiger partial charge in [-0.15, -0.1) is 0 Å². The van der Waals surface area contributed by atoms with Crippen molar-refractivity contribution in [2.75, 3.05) is 5.32 Å². The van der Waals surface area contributed by atoms with Crippen molar-refractivity contribution in [3.63, 3.8) is 0 Å². The second-order valence-electron chi connectivity index (χ2n) is 5.07. The molecule has 0 fully saturated rings. The minimum absolute atomic E-state index is 0.0385. The molecule has 5 heteroatoms. The average Bonchev–Trinajstić information content (AvgIpc) is 2.45. The van der Waals surface area contributed by atoms with Crippen LogP contribution < -0.4 is 10.9 Å². The molecule has 0 unspecified atom stereocenters. The van der Waals surface area contributed by atoms with Gasteiger partial charge >= 0.3 is 0 Å². The van der Waals surface area contributed by atoms with Crippen LogP contribution in [0.4, 0.5) is 5.69 Å². The average molecular weight is 285 g/mol. The first-order valence-electron chi connectivity index (χ1n) is 6.92. The molecular weight excluding hydrogens is 266 g/mol. The minimum Gasteiger partial charge on any atom is -0.324 e. The first kappa shape index (κ1) is 15.0. The summed E-state index contributed by atoms with van der Waals surface area (Å²) in [7, 11) is 0. The third-order valence-corrected chi connectivity index (χ3v) is 3.28. The Morgan fingerprint density at radius 1 is 1.29 bits per heavy atom. The molecule has 1 aromatic carbocycles. The van der Waals surface area contributed by atoms with E-state index >= 15 is 0 Å². The second kappa shape index (κ2) is 6.35. The number of aromatic nitrogens is 2. The zero-order chi connectivity index (χ0) is 15.4. The fourth-order valence-electron chi connectivity index (χ4n) is 1.99. The smallest absolute Gasteiger partial charge is 0.253 e. The van der Waals surface area contributed by atoms with Gasteiger partial charge in [0, 0.05) is 17.4 Å². The summed E-state index contributed by atoms with van der Waals surface area (Å²) in [6, 6.07) is 7.32. The van der Waals surface area contributed by atoms with Crippen LogP contribution >= 0.6 is 0 Å². The Bertz CT molecular complexity index is 720. The fourth-order valence-corrected chi connectivity index (χ4v) is 1.99. The van der Waals surface area contributed by atoms with Crippen LogP contribution in [-0.4, -0.2) is 15.5 Å². The molecule has 0 radical (unpaired) electrons. The number of benzene rings is 1. The van der Waals surface area contributed by atoms with Gasteiger partial charge in [-0.2, -0.15) is 0 Å². The SMILES string of the molecule is CCc1cc(=O)n(CC(=O)Nc2cc(C)ccc2C)cn1. The van der Waals surface area contributed by atoms with Crippen molar-refractivity contribution < 1.29 is 4.79 Å². The van der Waals surface area contributed by atoms with Crippen LogP contribution in [0.25, 0.3) is 0 Å². The Morgan fingerprint density at radius 2 is 2.05 bits per heavy atom. The third-order valence-electron chi connectivity index (χ3n) is 3.28. The van der Waals surface area contributed by atoms with Crippen LogP contribution in [0.1, 0.15) is 23.7 Å². The van der Waals surface area contributed by atoms with Gasteiger partial charge in [0.05, 0.1) is 6.33 Å². The van der Waals surface area contributed by atoms with Crippen molar-refractivity contribution in [2.24, 2.45) is 0 Å². The lowest BCUT2D eigenvalue weighted by molar-refractivity contribution is -0.116. The van der Waals surface area contributed by atoms with Crippen molar-refractivity contribution in [2.45, 2.75) is 33.7 Å². The minimum atomic E-state index is -0.239. The van der Waals surface area contributed by atoms with Crippen molar-refractivity contribution in [1.29, 1.82) is 0 Å². The number of hydrogen-bond acceptors (Lipinski definition) is 3. The van der Waals surface area contributed by atoms with E-state index in [-0.39, 0.29) is 18.0 Å². The Labute approximate surface area is 123 Å². The van der Waals surface area contributed by atoms with Crippen LogP contribution in [-0.2, 0) is 17.8 Å². The summed E-state index contributed by atoms with van der Waals surface area (Å²) in [6.45, 7) is 5.79. The Balaban J connectivity index is 2.12. The molecule has 1 heterocycles. The van der Waals surface area contributed by atoms with Gasteiger partial charge in [0.1, 0.15) is 6.54 Å². The van der Waals surface area contributed by atoms with Gasteiger partial charge in [0.25, 0.3) is 5.56 Å². The van der Waals surface area contributed by atoms with E-state index < -0.39 is 0 Å². The summed E-state index contributed by atoms with van der Waals surface area (Å²) < 4.78 is 1.31. The summed E-state index contributed by atoms with van der Waals surface area (Å²) in [4.78, 5) is 28.0. The molecule has 0 spiro atoms. The molecule has 2 aromatic rings. The molecule has 1 N–H and O–H groups in total. The molecule has 0 atom stereocenters. The first-order valence-corrected chi connectivity index (χ1v) is 6.92. The lowest BCUT2D eigenvalue weighted by Gasteiger charge is -2.10. The molecule has 0 aliphatic rings. The zero-order valence-corrected chi connectivity index (χ0v) is 12.5. The summed E-state index contributed by atoms with van der Waals surface area (Å²) in [6.07, 6.45) is 2.12. The third kappa shape index (κ3) is 3.78. The maximum absolute atomic E-state index is 12.1. The predicted molar refractivity (Wildman–Crippen MR) is 82.4 cm³/mol. The zero-order valence-electron chi connectivity index (χ0n) is 12.5. The number of amides is 1. The number of aryl methyl sites for hydroxylation is 3. The molecule has 21 heavy (non-hydrogen) atoms. The molecule has 0 saturated heterocycles. The number of anilines is 1. The fraction of sp³-hybridized carbons (Fsp3) is 0.312. The van der Waals surface area contributed by atoms with Crippen molar-refractivity contribution in [1.82, 2.24) is 9.55 Å². The Kier molecular flexibility index (Phi) is 4.52. The highest BCUT2D eigenvalue weighted by Gasteiger charge is 2.07. The first-order chi connectivity index (χ1) is 9.99. The maximum Gasteiger partial charge on any atom is 0.253 e. The molecule has 0 saturated carbocycles. The highest BCUT2D eigenvalue weighted by Crippen LogP contribution is 2.16. The number of hydrogen-bond donors (Lipinski definition) is 1. The summed E-state index contributed by atoms with van der Waals surface area (Å²) in [5.41, 5.74) is 3.35. The van der Waals surface area contributed by atoms with E-state index in [4.69, 9.17) is 0 Å². The summed E-state index contributed by atoms with van der Waals surface area (Å²) >= 11 is 0. The van der Waals surface area contributed by atoms with Crippen LogP contribution in [0.15, 0.2) is 35.4 Å². The van der Waals surface area contributed by atoms with Crippen molar-refractivity contribution >= 4 is 11.6 Å². The van der Waals surface area contributed by atoms with E-state index in [1.165, 1.54) is 17.0 Å². The monoisotopic (exact) mass is 285 g/mol. The standard InChI is InChI=1S/C16H19N3O2/c1-4-13-8-16(21)19(10-17-13)9-15(20)18-14-7-11(2)5-6-12(14)3/h5-8,10H,4,9H2,1-3H3,(H,18,20). The normalized spacial score (nSPS) is 10.4. The van der Waals surface area contributed by atoms with E-state index in [0.29, 0.717) is 6.42 Å². The van der Waals surface area contributed by atoms with Gasteiger partial charge in [-0.3, -0.25) is 14.2 Å². The largest absolute Gasteiger partial charge is 0.324 e. The van der Waals surface area contributed by atoms with Gasteiger partial charge in [-0.25, -0.2) is 4.98 Å². The molecule has 5 nitrogen and oxygen atoms in total. The van der Waals surface area contributed by atoms with Crippen molar-refractivity contribution in [3.05, 3.63) is 57.8 Å². The van der Waals surface area contributed by atoms with E-state index in [1.807, 2.05) is 39.0 Å². The van der Waals surface area contributed by atoms with Gasteiger partial charge < -0.3 is 5.32 Å². The maximum atomic E-state index is 12.1. The number of carbonyl (C=O) groups excluding carboxylic acids is 1. The van der Waals surface area contributed by atoms with Crippen LogP contribution in [0.2, 0.25) is 0 Å². The number of rotatable bonds is 4. The lowest BCUT2D eigenvalue weighted by atomic mass is 10.1. The molecular formula is C16H19N3O2. The lowest BCUT2D eigenvalue weighted by Crippen LogP contribution is -2.28. The van der Waals surface area contributed by atoms with Crippen LogP contribution in [0.3, 0.4) is 0 Å². The highest BCUT2D eigenvalue weighted by atomic mass is 16.2. The van der Waals surface area contributed by atoms with E-state index in [2.05, 4.69) is 10.3 Å². The highest BCUT2D eigenvalue weighted by molar-refractivity contribution is 5.91. The van der Waals surface area contributed by atoms with Crippen LogP contribution in [0.5, 0.6) is 0 Å². The quantitative estimate of drug-likeness (QED) is 0.935. The van der Waals surface area contributed by atoms with Gasteiger partial charge in [0.2, 0.25) is 5.91 Å². The van der Waals surface area contributed by atoms with Crippen molar-refractivity contribution in [3.8, 4) is 0 Å². The topological polar surface area (TPSA) is 64.0 Å². The van der Waals surface area contributed by atoms with Crippen LogP contribution in [0, 0.1) is 13.8 Å². The number of carbonyl (C=O) groups is 1. The van der Waals surface area contributed by atoms with E-state index in [1.54, 1.807) is 0 Å². The van der Waals surface area contributed by atoms with Gasteiger partial charge in [-0.1, -0.05) is 19.1 Å². The van der Waals surface area contributed by atoms with E-state index in [0.717, 1.165) is 22.5 Å². The molecule has 0 bridgehead atoms. The molecule has 0 aliphatic heterocycles. The molecule has 0 aliphatic carbocycles. The molecule has 2 rings (SSSR count). The Morgan fingerprint density at radius 3 is 2.71 bits per heavy atom. The second-order valence-corrected chi connectivity index (χ2v) is 5.07. The Hall–Kier alpha value is -2.43. The molecule has 1 amide bonds. The molecule has 1 aromatic heterocycles. The van der Waals surface area contributed by atoms with Gasteiger partial charge in [-0.05, 0) is 37.5 Å². The summed E-state index contributed by atoms with van der Waals surface area (Å²) in [5.74, 6) is -0.239. The predicted octanol–water partition coefficient (Wildman–Crippen LogP) is 2.06. The number of nitrogens with one attached hydrogen (secondary N) is 1. The summed E-state index contributed by atoms with van der Waals surface area (Å²) in [5, 5.41) is 2.83. The number of nitrogens with zero attached hydrogens (tertiary/aromatic N) is 2. The van der Waals surface area contributed by atoms with Gasteiger partial charge in [0.15, 0.2) is 0 Å². The molecule has 110 valence electrons. The van der Waals surface area contributed by atoms with E-state index in [9.17, 15) is 9.59 Å².